The number of imidazole rings is 1. The van der Waals surface area contributed by atoms with Crippen molar-refractivity contribution in [2.24, 2.45) is 5.92 Å². The number of halogens is 1. The molecule has 3 aromatic carbocycles. The Kier molecular flexibility index (Phi) is 8.67. The molecule has 1 atom stereocenters. The van der Waals surface area contributed by atoms with Crippen LogP contribution in [0.5, 0.6) is 17.2 Å². The summed E-state index contributed by atoms with van der Waals surface area (Å²) in [5.74, 6) is 2.73. The van der Waals surface area contributed by atoms with E-state index in [0.717, 1.165) is 41.0 Å². The lowest BCUT2D eigenvalue weighted by atomic mass is 10.1. The number of nitrogen functional groups attached to an aromatic ring is 1. The smallest absolute Gasteiger partial charge is 0.306 e. The molecule has 1 heterocycles. The minimum Gasteiger partial charge on any atom is -0.496 e. The fourth-order valence-electron chi connectivity index (χ4n) is 4.91. The van der Waals surface area contributed by atoms with E-state index < -0.39 is 0 Å². The molecule has 0 aliphatic rings. The fraction of sp³-hybridized carbons (Fsp3) is 0.333. The van der Waals surface area contributed by atoms with E-state index in [0.29, 0.717) is 46.9 Å². The molecule has 4 rings (SSSR count). The first-order valence-corrected chi connectivity index (χ1v) is 13.2. The average molecular weight is 552 g/mol. The van der Waals surface area contributed by atoms with Gasteiger partial charge in [-0.2, -0.15) is 0 Å². The number of nitrogens with two attached hydrogens (primary N) is 1. The molecule has 206 valence electrons. The Morgan fingerprint density at radius 3 is 2.41 bits per heavy atom. The largest absolute Gasteiger partial charge is 0.496 e. The Morgan fingerprint density at radius 1 is 1.03 bits per heavy atom. The second-order valence-corrected chi connectivity index (χ2v) is 10.4. The van der Waals surface area contributed by atoms with Crippen LogP contribution in [0.3, 0.4) is 0 Å². The van der Waals surface area contributed by atoms with Gasteiger partial charge in [0, 0.05) is 17.3 Å². The number of amides is 1. The van der Waals surface area contributed by atoms with Gasteiger partial charge >= 0.3 is 6.41 Å². The third kappa shape index (κ3) is 5.67. The number of benzene rings is 3. The second-order valence-electron chi connectivity index (χ2n) is 10.0. The van der Waals surface area contributed by atoms with E-state index in [4.69, 9.17) is 36.5 Å². The molecule has 0 saturated heterocycles. The van der Waals surface area contributed by atoms with Gasteiger partial charge in [-0.15, -0.1) is 0 Å². The molecule has 0 aliphatic heterocycles. The predicted octanol–water partition coefficient (Wildman–Crippen LogP) is 6.06. The van der Waals surface area contributed by atoms with Gasteiger partial charge < -0.3 is 24.5 Å². The highest BCUT2D eigenvalue weighted by molar-refractivity contribution is 6.35. The number of carbonyl (C=O) groups excluding carboxylic acids is 1. The maximum atomic E-state index is 13.1. The standard InChI is InChI=1S/C30H36ClN4O4/c1-20(2)14-15-35(19-36,25-11-13-27(38-4)30(39-5)29(25)31)18-28-33-23-8-6-7-9-24(23)34(28)17-21-16-22(32)10-12-26(21)37-3/h6-13,16,19-20H,14-15,17-18,32H2,1-5H3/q+1. The van der Waals surface area contributed by atoms with Crippen molar-refractivity contribution in [1.82, 2.24) is 14.0 Å². The van der Waals surface area contributed by atoms with Crippen LogP contribution in [-0.4, -0.2) is 43.8 Å². The summed E-state index contributed by atoms with van der Waals surface area (Å²) in [5, 5.41) is 0.341. The van der Waals surface area contributed by atoms with Crippen molar-refractivity contribution in [3.63, 3.8) is 0 Å². The minimum atomic E-state index is -0.0608. The molecule has 0 radical (unpaired) electrons. The van der Waals surface area contributed by atoms with Crippen molar-refractivity contribution in [3.05, 3.63) is 71.0 Å². The van der Waals surface area contributed by atoms with E-state index in [1.165, 1.54) is 7.11 Å². The number of quaternary nitrogens is 1. The Balaban J connectivity index is 1.90. The third-order valence-corrected chi connectivity index (χ3v) is 7.41. The summed E-state index contributed by atoms with van der Waals surface area (Å²) in [6.45, 7) is 5.55. The van der Waals surface area contributed by atoms with E-state index in [-0.39, 0.29) is 11.0 Å². The van der Waals surface area contributed by atoms with E-state index >= 15 is 0 Å². The second kappa shape index (κ2) is 12.0. The Hall–Kier alpha value is -3.75. The monoisotopic (exact) mass is 551 g/mol. The van der Waals surface area contributed by atoms with Crippen LogP contribution in [-0.2, 0) is 17.9 Å². The van der Waals surface area contributed by atoms with Gasteiger partial charge in [0.15, 0.2) is 23.0 Å². The minimum absolute atomic E-state index is 0.0608. The molecule has 0 spiro atoms. The zero-order chi connectivity index (χ0) is 28.2. The summed E-state index contributed by atoms with van der Waals surface area (Å²) in [4.78, 5) is 18.1. The lowest BCUT2D eigenvalue weighted by Crippen LogP contribution is -2.49. The summed E-state index contributed by atoms with van der Waals surface area (Å²) in [6.07, 6.45) is 1.76. The number of rotatable bonds is 12. The topological polar surface area (TPSA) is 88.6 Å². The van der Waals surface area contributed by atoms with Crippen LogP contribution in [0.2, 0.25) is 5.02 Å². The first kappa shape index (κ1) is 28.3. The highest BCUT2D eigenvalue weighted by Gasteiger charge is 2.37. The highest BCUT2D eigenvalue weighted by Crippen LogP contribution is 2.44. The number of hydrogen-bond acceptors (Lipinski definition) is 6. The molecule has 9 heteroatoms. The van der Waals surface area contributed by atoms with Crippen LogP contribution in [0, 0.1) is 5.92 Å². The summed E-state index contributed by atoms with van der Waals surface area (Å²) in [6, 6.07) is 17.1. The van der Waals surface area contributed by atoms with Crippen molar-refractivity contribution < 1.29 is 19.0 Å². The first-order chi connectivity index (χ1) is 18.8. The Bertz CT molecular complexity index is 1470. The van der Waals surface area contributed by atoms with Crippen LogP contribution in [0.4, 0.5) is 11.4 Å². The average Bonchev–Trinajstić information content (AvgIpc) is 3.27. The molecule has 1 amide bonds. The summed E-state index contributed by atoms with van der Waals surface area (Å²) in [5.41, 5.74) is 10.1. The predicted molar refractivity (Wildman–Crippen MR) is 157 cm³/mol. The van der Waals surface area contributed by atoms with Gasteiger partial charge in [-0.05, 0) is 48.7 Å². The van der Waals surface area contributed by atoms with Crippen LogP contribution in [0.25, 0.3) is 11.0 Å². The first-order valence-electron chi connectivity index (χ1n) is 12.9. The molecule has 8 nitrogen and oxygen atoms in total. The number of para-hydroxylation sites is 2. The lowest BCUT2D eigenvalue weighted by Gasteiger charge is -2.33. The van der Waals surface area contributed by atoms with Gasteiger partial charge in [-0.25, -0.2) is 14.3 Å². The number of fused-ring (bicyclic) bond motifs is 1. The van der Waals surface area contributed by atoms with Crippen molar-refractivity contribution in [2.45, 2.75) is 33.4 Å². The van der Waals surface area contributed by atoms with E-state index in [9.17, 15) is 4.79 Å². The van der Waals surface area contributed by atoms with Crippen LogP contribution >= 0.6 is 11.6 Å². The van der Waals surface area contributed by atoms with Gasteiger partial charge in [0.1, 0.15) is 17.3 Å². The molecule has 4 aromatic rings. The maximum Gasteiger partial charge on any atom is 0.306 e. The number of nitrogens with zero attached hydrogens (tertiary/aromatic N) is 3. The zero-order valence-corrected chi connectivity index (χ0v) is 23.9. The third-order valence-electron chi connectivity index (χ3n) is 7.04. The lowest BCUT2D eigenvalue weighted by molar-refractivity contribution is -0.118. The highest BCUT2D eigenvalue weighted by atomic mass is 35.5. The van der Waals surface area contributed by atoms with Crippen molar-refractivity contribution in [3.8, 4) is 17.2 Å². The summed E-state index contributed by atoms with van der Waals surface area (Å²) < 4.78 is 18.7. The normalized spacial score (nSPS) is 12.9. The van der Waals surface area contributed by atoms with Gasteiger partial charge in [-0.1, -0.05) is 37.6 Å². The molecule has 0 aliphatic carbocycles. The van der Waals surface area contributed by atoms with E-state index in [1.54, 1.807) is 20.3 Å². The molecule has 39 heavy (non-hydrogen) atoms. The number of ether oxygens (including phenoxy) is 3. The number of anilines is 1. The molecule has 0 bridgehead atoms. The molecule has 0 saturated carbocycles. The number of hydrogen-bond donors (Lipinski definition) is 1. The summed E-state index contributed by atoms with van der Waals surface area (Å²) >= 11 is 6.91. The van der Waals surface area contributed by atoms with Crippen LogP contribution in [0.1, 0.15) is 31.7 Å². The number of methoxy groups -OCH3 is 3. The summed E-state index contributed by atoms with van der Waals surface area (Å²) in [7, 11) is 4.73. The Morgan fingerprint density at radius 2 is 1.74 bits per heavy atom. The number of aromatic nitrogens is 2. The van der Waals surface area contributed by atoms with Crippen LogP contribution in [0.15, 0.2) is 54.6 Å². The molecule has 1 aromatic heterocycles. The zero-order valence-electron chi connectivity index (χ0n) is 23.1. The fourth-order valence-corrected chi connectivity index (χ4v) is 5.31. The molecular weight excluding hydrogens is 516 g/mol. The van der Waals surface area contributed by atoms with Gasteiger partial charge in [0.05, 0.1) is 45.5 Å². The van der Waals surface area contributed by atoms with Crippen molar-refractivity contribution in [2.75, 3.05) is 33.6 Å². The Labute approximate surface area is 234 Å². The number of carbonyl (C=O) groups is 1. The molecule has 1 unspecified atom stereocenters. The molecule has 0 fully saturated rings. The van der Waals surface area contributed by atoms with E-state index in [1.807, 2.05) is 48.5 Å². The van der Waals surface area contributed by atoms with Gasteiger partial charge in [0.25, 0.3) is 0 Å². The quantitative estimate of drug-likeness (QED) is 0.131. The SMILES string of the molecule is COc1ccc(N)cc1Cn1c(C[N+](C=O)(CCC(C)C)c2ccc(OC)c(OC)c2Cl)nc2ccccc21. The van der Waals surface area contributed by atoms with Crippen molar-refractivity contribution >= 4 is 40.4 Å². The van der Waals surface area contributed by atoms with Gasteiger partial charge in [0.2, 0.25) is 0 Å². The molecular formula is C30H36ClN4O4+. The van der Waals surface area contributed by atoms with Gasteiger partial charge in [-0.3, -0.25) is 0 Å². The maximum absolute atomic E-state index is 13.1. The molecule has 2 N–H and O–H groups in total. The van der Waals surface area contributed by atoms with Crippen LogP contribution < -0.4 is 24.4 Å². The van der Waals surface area contributed by atoms with E-state index in [2.05, 4.69) is 18.4 Å². The van der Waals surface area contributed by atoms with Crippen molar-refractivity contribution in [1.29, 1.82) is 0 Å².